The predicted molar refractivity (Wildman–Crippen MR) is 75.3 cm³/mol. The highest BCUT2D eigenvalue weighted by Crippen LogP contribution is 2.36. The molecule has 1 unspecified atom stereocenters. The first-order chi connectivity index (χ1) is 8.67. The lowest BCUT2D eigenvalue weighted by molar-refractivity contribution is 0.147. The van der Waals surface area contributed by atoms with Crippen molar-refractivity contribution < 1.29 is 5.21 Å². The van der Waals surface area contributed by atoms with E-state index in [1.54, 1.807) is 5.57 Å². The maximum Gasteiger partial charge on any atom is 0.0827 e. The van der Waals surface area contributed by atoms with E-state index in [1.165, 1.54) is 24.8 Å². The number of hydrogen-bond donors (Lipinski definition) is 1. The van der Waals surface area contributed by atoms with E-state index in [1.807, 2.05) is 0 Å². The first-order valence-electron chi connectivity index (χ1n) is 7.35. The second kappa shape index (κ2) is 5.87. The summed E-state index contributed by atoms with van der Waals surface area (Å²) in [6, 6.07) is 1.31. The number of hydrogen-bond acceptors (Lipinski definition) is 3. The third kappa shape index (κ3) is 2.61. The zero-order valence-corrected chi connectivity index (χ0v) is 11.9. The Kier molecular flexibility index (Phi) is 4.44. The molecule has 0 bridgehead atoms. The molecule has 0 heterocycles. The maximum atomic E-state index is 9.08. The van der Waals surface area contributed by atoms with Gasteiger partial charge in [-0.1, -0.05) is 17.7 Å². The van der Waals surface area contributed by atoms with Crippen molar-refractivity contribution in [2.45, 2.75) is 71.4 Å². The van der Waals surface area contributed by atoms with Crippen molar-refractivity contribution in [3.05, 3.63) is 11.1 Å². The van der Waals surface area contributed by atoms with Crippen molar-refractivity contribution in [2.24, 2.45) is 5.16 Å². The molecule has 3 nitrogen and oxygen atoms in total. The molecule has 0 aliphatic heterocycles. The fourth-order valence-corrected chi connectivity index (χ4v) is 3.66. The summed E-state index contributed by atoms with van der Waals surface area (Å²) in [5.41, 5.74) is 3.89. The number of oxime groups is 1. The molecule has 0 spiro atoms. The highest BCUT2D eigenvalue weighted by Gasteiger charge is 2.30. The van der Waals surface area contributed by atoms with Crippen LogP contribution in [0.25, 0.3) is 0 Å². The average molecular weight is 250 g/mol. The third-order valence-electron chi connectivity index (χ3n) is 4.50. The fourth-order valence-electron chi connectivity index (χ4n) is 3.66. The lowest BCUT2D eigenvalue weighted by Gasteiger charge is -2.39. The van der Waals surface area contributed by atoms with E-state index in [2.05, 4.69) is 30.8 Å². The van der Waals surface area contributed by atoms with Crippen LogP contribution in [0, 0.1) is 0 Å². The molecule has 2 aliphatic carbocycles. The van der Waals surface area contributed by atoms with Crippen LogP contribution in [-0.4, -0.2) is 34.4 Å². The molecule has 0 radical (unpaired) electrons. The lowest BCUT2D eigenvalue weighted by Crippen LogP contribution is -2.42. The SMILES string of the molecule is CCN(C(C)C)C1CCC2=C(CCCC2=NO)C1. The molecule has 0 fully saturated rings. The van der Waals surface area contributed by atoms with E-state index in [4.69, 9.17) is 5.21 Å². The molecular weight excluding hydrogens is 224 g/mol. The number of rotatable bonds is 3. The van der Waals surface area contributed by atoms with E-state index in [0.29, 0.717) is 12.1 Å². The van der Waals surface area contributed by atoms with Gasteiger partial charge in [-0.05, 0) is 64.5 Å². The molecule has 102 valence electrons. The second-order valence-electron chi connectivity index (χ2n) is 5.80. The van der Waals surface area contributed by atoms with Gasteiger partial charge in [-0.2, -0.15) is 0 Å². The summed E-state index contributed by atoms with van der Waals surface area (Å²) in [6.45, 7) is 7.96. The molecule has 0 saturated carbocycles. The normalized spacial score (nSPS) is 27.2. The van der Waals surface area contributed by atoms with Crippen molar-refractivity contribution in [3.63, 3.8) is 0 Å². The van der Waals surface area contributed by atoms with Gasteiger partial charge in [0.2, 0.25) is 0 Å². The predicted octanol–water partition coefficient (Wildman–Crippen LogP) is 3.58. The molecule has 2 aliphatic rings. The Balaban J connectivity index is 2.14. The third-order valence-corrected chi connectivity index (χ3v) is 4.50. The van der Waals surface area contributed by atoms with Gasteiger partial charge in [0.25, 0.3) is 0 Å². The smallest absolute Gasteiger partial charge is 0.0827 e. The van der Waals surface area contributed by atoms with Crippen LogP contribution < -0.4 is 0 Å². The van der Waals surface area contributed by atoms with E-state index >= 15 is 0 Å². The van der Waals surface area contributed by atoms with E-state index < -0.39 is 0 Å². The van der Waals surface area contributed by atoms with Crippen LogP contribution in [0.5, 0.6) is 0 Å². The Labute approximate surface area is 111 Å². The van der Waals surface area contributed by atoms with Crippen LogP contribution >= 0.6 is 0 Å². The van der Waals surface area contributed by atoms with Crippen LogP contribution in [0.1, 0.15) is 59.3 Å². The van der Waals surface area contributed by atoms with Gasteiger partial charge in [0.15, 0.2) is 0 Å². The second-order valence-corrected chi connectivity index (χ2v) is 5.80. The largest absolute Gasteiger partial charge is 0.411 e. The minimum absolute atomic E-state index is 0.622. The molecule has 18 heavy (non-hydrogen) atoms. The van der Waals surface area contributed by atoms with Crippen LogP contribution in [0.4, 0.5) is 0 Å². The Hall–Kier alpha value is -0.830. The summed E-state index contributed by atoms with van der Waals surface area (Å²) in [6.07, 6.45) is 6.81. The number of nitrogens with zero attached hydrogens (tertiary/aromatic N) is 2. The van der Waals surface area contributed by atoms with Gasteiger partial charge in [0.1, 0.15) is 0 Å². The Morgan fingerprint density at radius 2 is 2.11 bits per heavy atom. The van der Waals surface area contributed by atoms with Gasteiger partial charge in [-0.25, -0.2) is 0 Å². The summed E-state index contributed by atoms with van der Waals surface area (Å²) < 4.78 is 0. The van der Waals surface area contributed by atoms with Crippen molar-refractivity contribution in [1.29, 1.82) is 0 Å². The Morgan fingerprint density at radius 1 is 1.33 bits per heavy atom. The summed E-state index contributed by atoms with van der Waals surface area (Å²) in [5.74, 6) is 0. The minimum atomic E-state index is 0.622. The molecule has 0 aromatic carbocycles. The molecule has 2 rings (SSSR count). The molecular formula is C15H26N2O. The Morgan fingerprint density at radius 3 is 2.72 bits per heavy atom. The molecule has 0 amide bonds. The Bertz CT molecular complexity index is 358. The van der Waals surface area contributed by atoms with Crippen LogP contribution in [0.3, 0.4) is 0 Å². The first-order valence-corrected chi connectivity index (χ1v) is 7.35. The first kappa shape index (κ1) is 13.6. The molecule has 1 atom stereocenters. The van der Waals surface area contributed by atoms with Crippen molar-refractivity contribution >= 4 is 5.71 Å². The van der Waals surface area contributed by atoms with Crippen LogP contribution in [0.2, 0.25) is 0 Å². The van der Waals surface area contributed by atoms with E-state index in [9.17, 15) is 0 Å². The van der Waals surface area contributed by atoms with Gasteiger partial charge in [-0.15, -0.1) is 0 Å². The van der Waals surface area contributed by atoms with Gasteiger partial charge in [0.05, 0.1) is 5.71 Å². The minimum Gasteiger partial charge on any atom is -0.411 e. The standard InChI is InChI=1S/C15H26N2O/c1-4-17(11(2)3)13-8-9-14-12(10-13)6-5-7-15(14)16-18/h11,13,18H,4-10H2,1-3H3. The van der Waals surface area contributed by atoms with Gasteiger partial charge in [0, 0.05) is 12.1 Å². The summed E-state index contributed by atoms with van der Waals surface area (Å²) in [7, 11) is 0. The van der Waals surface area contributed by atoms with Crippen LogP contribution in [0.15, 0.2) is 16.3 Å². The zero-order chi connectivity index (χ0) is 13.1. The topological polar surface area (TPSA) is 35.8 Å². The zero-order valence-electron chi connectivity index (χ0n) is 11.9. The van der Waals surface area contributed by atoms with Crippen molar-refractivity contribution in [2.75, 3.05) is 6.54 Å². The quantitative estimate of drug-likeness (QED) is 0.614. The summed E-state index contributed by atoms with van der Waals surface area (Å²) in [4.78, 5) is 2.61. The number of allylic oxidation sites excluding steroid dienone is 1. The molecule has 0 aromatic rings. The maximum absolute atomic E-state index is 9.08. The molecule has 0 saturated heterocycles. The highest BCUT2D eigenvalue weighted by atomic mass is 16.4. The highest BCUT2D eigenvalue weighted by molar-refractivity contribution is 6.01. The van der Waals surface area contributed by atoms with Crippen molar-refractivity contribution in [3.8, 4) is 0 Å². The van der Waals surface area contributed by atoms with Gasteiger partial charge >= 0.3 is 0 Å². The summed E-state index contributed by atoms with van der Waals surface area (Å²) >= 11 is 0. The van der Waals surface area contributed by atoms with Crippen molar-refractivity contribution in [1.82, 2.24) is 4.90 Å². The van der Waals surface area contributed by atoms with E-state index in [0.717, 1.165) is 31.5 Å². The molecule has 1 N–H and O–H groups in total. The summed E-state index contributed by atoms with van der Waals surface area (Å²) in [5, 5.41) is 12.6. The van der Waals surface area contributed by atoms with Gasteiger partial charge < -0.3 is 5.21 Å². The fraction of sp³-hybridized carbons (Fsp3) is 0.800. The van der Waals surface area contributed by atoms with E-state index in [-0.39, 0.29) is 0 Å². The van der Waals surface area contributed by atoms with Crippen LogP contribution in [-0.2, 0) is 0 Å². The lowest BCUT2D eigenvalue weighted by atomic mass is 9.78. The molecule has 3 heteroatoms. The average Bonchev–Trinajstić information content (AvgIpc) is 2.38. The molecule has 0 aromatic heterocycles. The van der Waals surface area contributed by atoms with Gasteiger partial charge in [-0.3, -0.25) is 4.90 Å². The monoisotopic (exact) mass is 250 g/mol.